The van der Waals surface area contributed by atoms with Crippen LogP contribution in [0.2, 0.25) is 0 Å². The molecule has 1 aromatic carbocycles. The van der Waals surface area contributed by atoms with Crippen LogP contribution in [0.1, 0.15) is 72.4 Å². The van der Waals surface area contributed by atoms with Gasteiger partial charge in [0, 0.05) is 20.0 Å². The van der Waals surface area contributed by atoms with E-state index in [9.17, 15) is 19.2 Å². The molecule has 0 aliphatic rings. The van der Waals surface area contributed by atoms with Crippen LogP contribution in [-0.2, 0) is 30.1 Å². The number of hydrogen-bond acceptors (Lipinski definition) is 6. The summed E-state index contributed by atoms with van der Waals surface area (Å²) in [5.74, 6) is -0.257. The average molecular weight is 547 g/mol. The van der Waals surface area contributed by atoms with E-state index in [0.29, 0.717) is 19.6 Å². The Balaban J connectivity index is 2.75. The molecule has 0 saturated heterocycles. The van der Waals surface area contributed by atoms with Gasteiger partial charge in [-0.1, -0.05) is 44.7 Å². The lowest BCUT2D eigenvalue weighted by Crippen LogP contribution is -2.44. The van der Waals surface area contributed by atoms with Gasteiger partial charge in [-0.3, -0.25) is 9.59 Å². The van der Waals surface area contributed by atoms with Gasteiger partial charge in [0.15, 0.2) is 0 Å². The molecule has 0 atom stereocenters. The summed E-state index contributed by atoms with van der Waals surface area (Å²) in [4.78, 5) is 51.8. The van der Waals surface area contributed by atoms with E-state index in [4.69, 9.17) is 9.47 Å². The van der Waals surface area contributed by atoms with Gasteiger partial charge < -0.3 is 29.9 Å². The molecule has 0 spiro atoms. The van der Waals surface area contributed by atoms with Gasteiger partial charge in [0.25, 0.3) is 0 Å². The number of ether oxygens (including phenoxy) is 2. The summed E-state index contributed by atoms with van der Waals surface area (Å²) in [5.41, 5.74) is 0.0772. The van der Waals surface area contributed by atoms with E-state index in [0.717, 1.165) is 24.0 Å². The van der Waals surface area contributed by atoms with Crippen molar-refractivity contribution in [3.8, 4) is 0 Å². The lowest BCUT2D eigenvalue weighted by Gasteiger charge is -2.31. The Morgan fingerprint density at radius 1 is 0.821 bits per heavy atom. The Morgan fingerprint density at radius 2 is 1.26 bits per heavy atom. The number of carbonyl (C=O) groups is 4. The minimum Gasteiger partial charge on any atom is -0.448 e. The van der Waals surface area contributed by atoms with E-state index in [1.807, 2.05) is 65.8 Å². The number of carbonyl (C=O) groups excluding carboxylic acids is 4. The highest BCUT2D eigenvalue weighted by Crippen LogP contribution is 2.27. The minimum atomic E-state index is -0.779. The third kappa shape index (κ3) is 11.4. The highest BCUT2D eigenvalue weighted by atomic mass is 16.6. The standard InChI is InChI=1S/C29H46N4O6/c1-9-15-32(22(4)34)17-19-38-26(36)30-28(5,6)23-13-12-14-24(21-23)29(7,8)31-27(37)39-20-18-33(16-10-2)25(35)11-3/h11-14,21H,3,9-10,15-20H2,1-2,4-8H3,(H,30,36)(H,31,37). The fourth-order valence-corrected chi connectivity index (χ4v) is 3.95. The molecule has 2 N–H and O–H groups in total. The highest BCUT2D eigenvalue weighted by Gasteiger charge is 2.28. The van der Waals surface area contributed by atoms with Gasteiger partial charge in [-0.25, -0.2) is 9.59 Å². The van der Waals surface area contributed by atoms with Crippen molar-refractivity contribution < 1.29 is 28.7 Å². The largest absolute Gasteiger partial charge is 0.448 e. The molecule has 1 aromatic rings. The average Bonchev–Trinajstić information content (AvgIpc) is 2.86. The second kappa shape index (κ2) is 15.8. The van der Waals surface area contributed by atoms with Gasteiger partial charge in [-0.05, 0) is 57.7 Å². The molecule has 10 nitrogen and oxygen atoms in total. The minimum absolute atomic E-state index is 0.0561. The Labute approximate surface area is 233 Å². The zero-order valence-corrected chi connectivity index (χ0v) is 24.6. The molecule has 218 valence electrons. The van der Waals surface area contributed by atoms with Crippen LogP contribution in [0.15, 0.2) is 36.9 Å². The van der Waals surface area contributed by atoms with Gasteiger partial charge in [-0.2, -0.15) is 0 Å². The number of alkyl carbamates (subject to hydrolysis) is 2. The van der Waals surface area contributed by atoms with Crippen LogP contribution in [0.5, 0.6) is 0 Å². The van der Waals surface area contributed by atoms with Gasteiger partial charge in [-0.15, -0.1) is 0 Å². The zero-order valence-electron chi connectivity index (χ0n) is 24.6. The molecule has 39 heavy (non-hydrogen) atoms. The summed E-state index contributed by atoms with van der Waals surface area (Å²) >= 11 is 0. The lowest BCUT2D eigenvalue weighted by molar-refractivity contribution is -0.129. The van der Waals surface area contributed by atoms with Crippen LogP contribution >= 0.6 is 0 Å². The molecule has 0 bridgehead atoms. The Bertz CT molecular complexity index is 992. The summed E-state index contributed by atoms with van der Waals surface area (Å²) < 4.78 is 10.6. The summed E-state index contributed by atoms with van der Waals surface area (Å²) in [5, 5.41) is 5.74. The predicted molar refractivity (Wildman–Crippen MR) is 151 cm³/mol. The molecule has 0 aromatic heterocycles. The molecular weight excluding hydrogens is 500 g/mol. The van der Waals surface area contributed by atoms with Gasteiger partial charge in [0.1, 0.15) is 13.2 Å². The molecule has 0 saturated carbocycles. The van der Waals surface area contributed by atoms with Gasteiger partial charge >= 0.3 is 12.2 Å². The topological polar surface area (TPSA) is 117 Å². The number of amides is 4. The van der Waals surface area contributed by atoms with Crippen molar-refractivity contribution in [2.45, 2.75) is 72.4 Å². The highest BCUT2D eigenvalue weighted by molar-refractivity contribution is 5.87. The van der Waals surface area contributed by atoms with Crippen LogP contribution in [0.4, 0.5) is 9.59 Å². The number of rotatable bonds is 15. The SMILES string of the molecule is C=CC(=O)N(CCC)CCOC(=O)NC(C)(C)c1cccc(C(C)(C)NC(=O)OCCN(CCC)C(C)=O)c1. The molecular formula is C29H46N4O6. The molecule has 0 fully saturated rings. The van der Waals surface area contributed by atoms with E-state index in [-0.39, 0.29) is 31.6 Å². The smallest absolute Gasteiger partial charge is 0.407 e. The second-order valence-corrected chi connectivity index (χ2v) is 10.4. The monoisotopic (exact) mass is 546 g/mol. The van der Waals surface area contributed by atoms with Crippen molar-refractivity contribution in [2.24, 2.45) is 0 Å². The predicted octanol–water partition coefficient (Wildman–Crippen LogP) is 4.29. The Morgan fingerprint density at radius 3 is 1.67 bits per heavy atom. The van der Waals surface area contributed by atoms with Crippen molar-refractivity contribution >= 4 is 24.0 Å². The van der Waals surface area contributed by atoms with Crippen molar-refractivity contribution in [1.82, 2.24) is 20.4 Å². The summed E-state index contributed by atoms with van der Waals surface area (Å²) in [7, 11) is 0. The maximum atomic E-state index is 12.5. The second-order valence-electron chi connectivity index (χ2n) is 10.4. The van der Waals surface area contributed by atoms with Crippen LogP contribution in [0.3, 0.4) is 0 Å². The molecule has 0 radical (unpaired) electrons. The van der Waals surface area contributed by atoms with Crippen molar-refractivity contribution in [3.05, 3.63) is 48.0 Å². The molecule has 1 rings (SSSR count). The first-order valence-electron chi connectivity index (χ1n) is 13.4. The Kier molecular flexibility index (Phi) is 13.5. The number of benzene rings is 1. The van der Waals surface area contributed by atoms with E-state index in [2.05, 4.69) is 17.2 Å². The van der Waals surface area contributed by atoms with Crippen LogP contribution in [0.25, 0.3) is 0 Å². The first kappa shape index (κ1) is 33.5. The summed E-state index contributed by atoms with van der Waals surface area (Å²) in [6.45, 7) is 18.3. The zero-order chi connectivity index (χ0) is 29.6. The maximum absolute atomic E-state index is 12.5. The Hall–Kier alpha value is -3.56. The fourth-order valence-electron chi connectivity index (χ4n) is 3.95. The van der Waals surface area contributed by atoms with Gasteiger partial charge in [0.05, 0.1) is 24.2 Å². The number of hydrogen-bond donors (Lipinski definition) is 2. The van der Waals surface area contributed by atoms with E-state index < -0.39 is 23.3 Å². The van der Waals surface area contributed by atoms with Crippen molar-refractivity contribution in [2.75, 3.05) is 39.4 Å². The quantitative estimate of drug-likeness (QED) is 0.317. The maximum Gasteiger partial charge on any atom is 0.407 e. The summed E-state index contributed by atoms with van der Waals surface area (Å²) in [6.07, 6.45) is 1.68. The number of nitrogens with zero attached hydrogens (tertiary/aromatic N) is 2. The summed E-state index contributed by atoms with van der Waals surface area (Å²) in [6, 6.07) is 7.53. The van der Waals surface area contributed by atoms with Crippen molar-refractivity contribution in [1.29, 1.82) is 0 Å². The third-order valence-corrected chi connectivity index (χ3v) is 6.24. The first-order valence-corrected chi connectivity index (χ1v) is 13.4. The van der Waals surface area contributed by atoms with Crippen molar-refractivity contribution in [3.63, 3.8) is 0 Å². The molecule has 0 aliphatic heterocycles. The van der Waals surface area contributed by atoms with Crippen LogP contribution in [0, 0.1) is 0 Å². The van der Waals surface area contributed by atoms with E-state index in [1.165, 1.54) is 13.0 Å². The third-order valence-electron chi connectivity index (χ3n) is 6.24. The fraction of sp³-hybridized carbons (Fsp3) is 0.586. The molecule has 10 heteroatoms. The van der Waals surface area contributed by atoms with Crippen LogP contribution in [-0.4, -0.2) is 73.2 Å². The van der Waals surface area contributed by atoms with E-state index in [1.54, 1.807) is 9.80 Å². The molecule has 0 heterocycles. The first-order chi connectivity index (χ1) is 18.3. The lowest BCUT2D eigenvalue weighted by atomic mass is 9.87. The van der Waals surface area contributed by atoms with Gasteiger partial charge in [0.2, 0.25) is 11.8 Å². The van der Waals surface area contributed by atoms with E-state index >= 15 is 0 Å². The van der Waals surface area contributed by atoms with Crippen LogP contribution < -0.4 is 10.6 Å². The molecule has 4 amide bonds. The molecule has 0 aliphatic carbocycles. The number of nitrogens with one attached hydrogen (secondary N) is 2. The molecule has 0 unspecified atom stereocenters. The normalized spacial score (nSPS) is 11.3.